The van der Waals surface area contributed by atoms with Gasteiger partial charge in [-0.3, -0.25) is 14.4 Å². The second-order valence-electron chi connectivity index (χ2n) is 4.67. The van der Waals surface area contributed by atoms with E-state index in [4.69, 9.17) is 5.11 Å². The maximum Gasteiger partial charge on any atom is 0.308 e. The van der Waals surface area contributed by atoms with E-state index in [1.165, 1.54) is 6.92 Å². The third-order valence-corrected chi connectivity index (χ3v) is 3.18. The molecule has 3 N–H and O–H groups in total. The minimum Gasteiger partial charge on any atom is -0.481 e. The van der Waals surface area contributed by atoms with Crippen LogP contribution < -0.4 is 10.6 Å². The lowest BCUT2D eigenvalue weighted by Gasteiger charge is -2.22. The van der Waals surface area contributed by atoms with Crippen LogP contribution in [0, 0.1) is 5.92 Å². The number of carboxylic acid groups (broad SMARTS) is 1. The summed E-state index contributed by atoms with van der Waals surface area (Å²) in [6.07, 6.45) is 4.09. The summed E-state index contributed by atoms with van der Waals surface area (Å²) in [5.74, 6) is -1.99. The molecule has 0 aliphatic heterocycles. The van der Waals surface area contributed by atoms with Crippen LogP contribution in [0.5, 0.6) is 0 Å². The molecule has 2 unspecified atom stereocenters. The SMILES string of the molecule is CC(=O)NCC(=O)NC1CCCCCC1C(=O)O. The topological polar surface area (TPSA) is 95.5 Å². The zero-order valence-corrected chi connectivity index (χ0v) is 10.6. The average Bonchev–Trinajstić information content (AvgIpc) is 2.51. The maximum absolute atomic E-state index is 11.6. The van der Waals surface area contributed by atoms with E-state index in [2.05, 4.69) is 10.6 Å². The fraction of sp³-hybridized carbons (Fsp3) is 0.750. The molecular weight excluding hydrogens is 236 g/mol. The highest BCUT2D eigenvalue weighted by Gasteiger charge is 2.30. The van der Waals surface area contributed by atoms with Crippen molar-refractivity contribution in [1.82, 2.24) is 10.6 Å². The van der Waals surface area contributed by atoms with Crippen molar-refractivity contribution in [1.29, 1.82) is 0 Å². The van der Waals surface area contributed by atoms with Gasteiger partial charge >= 0.3 is 5.97 Å². The Labute approximate surface area is 106 Å². The third kappa shape index (κ3) is 4.73. The van der Waals surface area contributed by atoms with Crippen LogP contribution in [0.15, 0.2) is 0 Å². The van der Waals surface area contributed by atoms with Gasteiger partial charge in [0.25, 0.3) is 0 Å². The minimum atomic E-state index is -0.860. The molecule has 1 rings (SSSR count). The van der Waals surface area contributed by atoms with Gasteiger partial charge in [-0.15, -0.1) is 0 Å². The quantitative estimate of drug-likeness (QED) is 0.629. The third-order valence-electron chi connectivity index (χ3n) is 3.18. The molecule has 6 nitrogen and oxygen atoms in total. The number of rotatable bonds is 4. The van der Waals surface area contributed by atoms with Crippen molar-refractivity contribution in [2.24, 2.45) is 5.92 Å². The first-order valence-corrected chi connectivity index (χ1v) is 6.27. The molecule has 0 bridgehead atoms. The Morgan fingerprint density at radius 3 is 2.44 bits per heavy atom. The van der Waals surface area contributed by atoms with Crippen LogP contribution in [-0.2, 0) is 14.4 Å². The van der Waals surface area contributed by atoms with E-state index in [-0.39, 0.29) is 24.4 Å². The van der Waals surface area contributed by atoms with E-state index in [1.54, 1.807) is 0 Å². The molecule has 0 radical (unpaired) electrons. The number of amides is 2. The van der Waals surface area contributed by atoms with Crippen molar-refractivity contribution < 1.29 is 19.5 Å². The monoisotopic (exact) mass is 256 g/mol. The molecule has 6 heteroatoms. The molecule has 2 atom stereocenters. The van der Waals surface area contributed by atoms with Crippen LogP contribution in [0.1, 0.15) is 39.0 Å². The smallest absolute Gasteiger partial charge is 0.308 e. The van der Waals surface area contributed by atoms with Gasteiger partial charge in [0.2, 0.25) is 11.8 Å². The fourth-order valence-corrected chi connectivity index (χ4v) is 2.24. The zero-order chi connectivity index (χ0) is 13.5. The van der Waals surface area contributed by atoms with E-state index in [0.29, 0.717) is 12.8 Å². The van der Waals surface area contributed by atoms with Gasteiger partial charge in [-0.25, -0.2) is 0 Å². The van der Waals surface area contributed by atoms with Crippen LogP contribution in [-0.4, -0.2) is 35.5 Å². The van der Waals surface area contributed by atoms with E-state index >= 15 is 0 Å². The summed E-state index contributed by atoms with van der Waals surface area (Å²) >= 11 is 0. The molecule has 1 saturated carbocycles. The fourth-order valence-electron chi connectivity index (χ4n) is 2.24. The molecule has 1 fully saturated rings. The highest BCUT2D eigenvalue weighted by atomic mass is 16.4. The molecule has 18 heavy (non-hydrogen) atoms. The predicted octanol–water partition coefficient (Wildman–Crippen LogP) is 0.272. The molecule has 1 aliphatic rings. The van der Waals surface area contributed by atoms with Gasteiger partial charge in [0, 0.05) is 13.0 Å². The van der Waals surface area contributed by atoms with Crippen LogP contribution >= 0.6 is 0 Å². The van der Waals surface area contributed by atoms with E-state index < -0.39 is 11.9 Å². The molecule has 1 aliphatic carbocycles. The number of carboxylic acids is 1. The Balaban J connectivity index is 2.52. The Morgan fingerprint density at radius 2 is 1.83 bits per heavy atom. The molecule has 102 valence electrons. The Morgan fingerprint density at radius 1 is 1.17 bits per heavy atom. The Kier molecular flexibility index (Phi) is 5.61. The summed E-state index contributed by atoms with van der Waals surface area (Å²) in [7, 11) is 0. The molecule has 0 aromatic rings. The molecular formula is C12H20N2O4. The number of hydrogen-bond donors (Lipinski definition) is 3. The average molecular weight is 256 g/mol. The summed E-state index contributed by atoms with van der Waals surface area (Å²) in [6.45, 7) is 1.23. The normalized spacial score (nSPS) is 23.8. The minimum absolute atomic E-state index is 0.0990. The van der Waals surface area contributed by atoms with Crippen molar-refractivity contribution >= 4 is 17.8 Å². The standard InChI is InChI=1S/C12H20N2O4/c1-8(15)13-7-11(16)14-10-6-4-2-3-5-9(10)12(17)18/h9-10H,2-7H2,1H3,(H,13,15)(H,14,16)(H,17,18). The lowest BCUT2D eigenvalue weighted by atomic mass is 9.95. The second kappa shape index (κ2) is 6.98. The summed E-state index contributed by atoms with van der Waals surface area (Å²) < 4.78 is 0. The largest absolute Gasteiger partial charge is 0.481 e. The van der Waals surface area contributed by atoms with Gasteiger partial charge in [-0.05, 0) is 12.8 Å². The van der Waals surface area contributed by atoms with Crippen LogP contribution in [0.2, 0.25) is 0 Å². The molecule has 0 spiro atoms. The maximum atomic E-state index is 11.6. The number of hydrogen-bond acceptors (Lipinski definition) is 3. The number of aliphatic carboxylic acids is 1. The lowest BCUT2D eigenvalue weighted by Crippen LogP contribution is -2.46. The highest BCUT2D eigenvalue weighted by Crippen LogP contribution is 2.23. The summed E-state index contributed by atoms with van der Waals surface area (Å²) in [5.41, 5.74) is 0. The number of carbonyl (C=O) groups is 3. The van der Waals surface area contributed by atoms with Crippen molar-refractivity contribution in [3.05, 3.63) is 0 Å². The van der Waals surface area contributed by atoms with Crippen molar-refractivity contribution in [3.63, 3.8) is 0 Å². The van der Waals surface area contributed by atoms with Gasteiger partial charge < -0.3 is 15.7 Å². The van der Waals surface area contributed by atoms with Gasteiger partial charge in [-0.1, -0.05) is 19.3 Å². The summed E-state index contributed by atoms with van der Waals surface area (Å²) in [4.78, 5) is 33.4. The predicted molar refractivity (Wildman–Crippen MR) is 64.8 cm³/mol. The molecule has 0 aromatic heterocycles. The van der Waals surface area contributed by atoms with Crippen molar-refractivity contribution in [2.45, 2.75) is 45.1 Å². The Bertz CT molecular complexity index is 330. The van der Waals surface area contributed by atoms with E-state index in [9.17, 15) is 14.4 Å². The first kappa shape index (κ1) is 14.5. The molecule has 0 heterocycles. The van der Waals surface area contributed by atoms with Crippen molar-refractivity contribution in [3.8, 4) is 0 Å². The van der Waals surface area contributed by atoms with E-state index in [1.807, 2.05) is 0 Å². The zero-order valence-electron chi connectivity index (χ0n) is 10.6. The number of carbonyl (C=O) groups excluding carboxylic acids is 2. The first-order chi connectivity index (χ1) is 8.50. The highest BCUT2D eigenvalue weighted by molar-refractivity contribution is 5.84. The molecule has 0 saturated heterocycles. The van der Waals surface area contributed by atoms with Crippen LogP contribution in [0.4, 0.5) is 0 Å². The summed E-state index contributed by atoms with van der Waals surface area (Å²) in [5, 5.41) is 14.3. The number of nitrogens with one attached hydrogen (secondary N) is 2. The van der Waals surface area contributed by atoms with Gasteiger partial charge in [-0.2, -0.15) is 0 Å². The van der Waals surface area contributed by atoms with Gasteiger partial charge in [0.15, 0.2) is 0 Å². The molecule has 2 amide bonds. The lowest BCUT2D eigenvalue weighted by molar-refractivity contribution is -0.143. The van der Waals surface area contributed by atoms with Gasteiger partial charge in [0.1, 0.15) is 0 Å². The van der Waals surface area contributed by atoms with Crippen LogP contribution in [0.3, 0.4) is 0 Å². The molecule has 0 aromatic carbocycles. The first-order valence-electron chi connectivity index (χ1n) is 6.27. The Hall–Kier alpha value is -1.59. The van der Waals surface area contributed by atoms with E-state index in [0.717, 1.165) is 19.3 Å². The second-order valence-corrected chi connectivity index (χ2v) is 4.67. The van der Waals surface area contributed by atoms with Gasteiger partial charge in [0.05, 0.1) is 12.5 Å². The summed E-state index contributed by atoms with van der Waals surface area (Å²) in [6, 6.07) is -0.328. The van der Waals surface area contributed by atoms with Crippen LogP contribution in [0.25, 0.3) is 0 Å². The van der Waals surface area contributed by atoms with Crippen molar-refractivity contribution in [2.75, 3.05) is 6.54 Å².